The number of nitrogens with zero attached hydrogens (tertiary/aromatic N) is 1. The van der Waals surface area contributed by atoms with Crippen molar-refractivity contribution in [1.29, 1.82) is 0 Å². The van der Waals surface area contributed by atoms with Crippen LogP contribution in [0.25, 0.3) is 0 Å². The van der Waals surface area contributed by atoms with Crippen molar-refractivity contribution in [3.8, 4) is 0 Å². The van der Waals surface area contributed by atoms with E-state index in [2.05, 4.69) is 31.0 Å². The van der Waals surface area contributed by atoms with Gasteiger partial charge in [0.1, 0.15) is 5.54 Å². The number of carboxylic acid groups (broad SMARTS) is 1. The van der Waals surface area contributed by atoms with Crippen molar-refractivity contribution in [2.75, 3.05) is 6.54 Å². The summed E-state index contributed by atoms with van der Waals surface area (Å²) in [4.78, 5) is 14.2. The lowest BCUT2D eigenvalue weighted by Gasteiger charge is -2.43. The van der Waals surface area contributed by atoms with Crippen LogP contribution in [0.1, 0.15) is 59.8 Å². The topological polar surface area (TPSA) is 52.6 Å². The molecule has 0 aromatic carbocycles. The minimum Gasteiger partial charge on any atom is -0.480 e. The fourth-order valence-corrected chi connectivity index (χ4v) is 3.67. The van der Waals surface area contributed by atoms with Gasteiger partial charge in [-0.3, -0.25) is 15.0 Å². The molecule has 4 nitrogen and oxygen atoms in total. The number of likely N-dealkylation sites (tertiary alicyclic amines) is 1. The number of rotatable bonds is 6. The summed E-state index contributed by atoms with van der Waals surface area (Å²) >= 11 is 0. The average molecular weight is 282 g/mol. The van der Waals surface area contributed by atoms with Gasteiger partial charge in [0.25, 0.3) is 0 Å². The van der Waals surface area contributed by atoms with E-state index in [0.29, 0.717) is 24.5 Å². The van der Waals surface area contributed by atoms with Crippen LogP contribution in [0, 0.1) is 5.92 Å². The third kappa shape index (κ3) is 3.73. The highest BCUT2D eigenvalue weighted by atomic mass is 16.4. The molecule has 1 saturated carbocycles. The fraction of sp³-hybridized carbons (Fsp3) is 0.938. The van der Waals surface area contributed by atoms with Gasteiger partial charge in [0.15, 0.2) is 0 Å². The molecule has 20 heavy (non-hydrogen) atoms. The summed E-state index contributed by atoms with van der Waals surface area (Å²) in [6.07, 6.45) is 5.38. The number of carbonyl (C=O) groups is 1. The maximum absolute atomic E-state index is 11.7. The first kappa shape index (κ1) is 15.8. The predicted octanol–water partition coefficient (Wildman–Crippen LogP) is 2.48. The van der Waals surface area contributed by atoms with Crippen LogP contribution in [0.4, 0.5) is 0 Å². The van der Waals surface area contributed by atoms with Gasteiger partial charge in [0.2, 0.25) is 0 Å². The molecule has 1 aliphatic heterocycles. The van der Waals surface area contributed by atoms with Gasteiger partial charge in [-0.25, -0.2) is 0 Å². The van der Waals surface area contributed by atoms with Crippen LogP contribution in [-0.4, -0.2) is 46.2 Å². The summed E-state index contributed by atoms with van der Waals surface area (Å²) in [5.74, 6) is 0.0816. The summed E-state index contributed by atoms with van der Waals surface area (Å²) in [6.45, 7) is 9.72. The third-order valence-corrected chi connectivity index (χ3v) is 5.03. The molecule has 1 heterocycles. The normalized spacial score (nSPS) is 32.6. The summed E-state index contributed by atoms with van der Waals surface area (Å²) < 4.78 is 0. The number of nitrogens with one attached hydrogen (secondary N) is 1. The molecule has 2 fully saturated rings. The van der Waals surface area contributed by atoms with Crippen LogP contribution in [-0.2, 0) is 4.79 Å². The first-order chi connectivity index (χ1) is 9.32. The van der Waals surface area contributed by atoms with Gasteiger partial charge in [0.05, 0.1) is 0 Å². The smallest absolute Gasteiger partial charge is 0.323 e. The second-order valence-corrected chi connectivity index (χ2v) is 7.33. The molecular weight excluding hydrogens is 252 g/mol. The zero-order valence-corrected chi connectivity index (χ0v) is 13.4. The van der Waals surface area contributed by atoms with Gasteiger partial charge in [-0.2, -0.15) is 0 Å². The van der Waals surface area contributed by atoms with Gasteiger partial charge >= 0.3 is 5.97 Å². The van der Waals surface area contributed by atoms with Crippen molar-refractivity contribution in [2.45, 2.75) is 83.5 Å². The second kappa shape index (κ2) is 6.02. The zero-order valence-electron chi connectivity index (χ0n) is 13.4. The highest BCUT2D eigenvalue weighted by molar-refractivity contribution is 5.78. The van der Waals surface area contributed by atoms with Crippen LogP contribution >= 0.6 is 0 Å². The van der Waals surface area contributed by atoms with E-state index in [1.807, 2.05) is 6.92 Å². The van der Waals surface area contributed by atoms with Crippen molar-refractivity contribution in [3.05, 3.63) is 0 Å². The lowest BCUT2D eigenvalue weighted by molar-refractivity contribution is -0.145. The third-order valence-electron chi connectivity index (χ3n) is 5.03. The van der Waals surface area contributed by atoms with E-state index in [1.165, 1.54) is 12.8 Å². The molecule has 0 aromatic rings. The lowest BCUT2D eigenvalue weighted by Crippen LogP contribution is -2.56. The molecule has 2 N–H and O–H groups in total. The molecule has 4 heteroatoms. The molecule has 1 aliphatic carbocycles. The average Bonchev–Trinajstić information content (AvgIpc) is 3.11. The van der Waals surface area contributed by atoms with Crippen LogP contribution in [0.3, 0.4) is 0 Å². The van der Waals surface area contributed by atoms with E-state index in [0.717, 1.165) is 25.3 Å². The summed E-state index contributed by atoms with van der Waals surface area (Å²) in [5, 5.41) is 12.9. The molecule has 2 rings (SSSR count). The number of carboxylic acids is 1. The highest BCUT2D eigenvalue weighted by Crippen LogP contribution is 2.29. The van der Waals surface area contributed by atoms with Crippen molar-refractivity contribution >= 4 is 5.97 Å². The molecule has 116 valence electrons. The minimum atomic E-state index is -0.788. The van der Waals surface area contributed by atoms with Gasteiger partial charge in [-0.15, -0.1) is 0 Å². The van der Waals surface area contributed by atoms with Crippen molar-refractivity contribution < 1.29 is 9.90 Å². The van der Waals surface area contributed by atoms with Crippen molar-refractivity contribution in [2.24, 2.45) is 5.92 Å². The Morgan fingerprint density at radius 2 is 2.05 bits per heavy atom. The number of hydrogen-bond donors (Lipinski definition) is 2. The number of piperidine rings is 1. The van der Waals surface area contributed by atoms with Crippen molar-refractivity contribution in [3.63, 3.8) is 0 Å². The van der Waals surface area contributed by atoms with Gasteiger partial charge in [-0.1, -0.05) is 6.92 Å². The molecule has 0 spiro atoms. The summed E-state index contributed by atoms with van der Waals surface area (Å²) in [6, 6.07) is 1.29. The maximum Gasteiger partial charge on any atom is 0.323 e. The minimum absolute atomic E-state index is 0.310. The lowest BCUT2D eigenvalue weighted by atomic mass is 9.88. The van der Waals surface area contributed by atoms with Gasteiger partial charge in [-0.05, 0) is 65.3 Å². The van der Waals surface area contributed by atoms with E-state index >= 15 is 0 Å². The Morgan fingerprint density at radius 3 is 2.55 bits per heavy atom. The maximum atomic E-state index is 11.7. The second-order valence-electron chi connectivity index (χ2n) is 7.33. The molecule has 0 amide bonds. The Morgan fingerprint density at radius 1 is 1.40 bits per heavy atom. The number of aliphatic carboxylic acids is 1. The van der Waals surface area contributed by atoms with Gasteiger partial charge < -0.3 is 5.11 Å². The first-order valence-corrected chi connectivity index (χ1v) is 8.08. The van der Waals surface area contributed by atoms with E-state index in [1.54, 1.807) is 0 Å². The Labute approximate surface area is 122 Å². The molecule has 0 bridgehead atoms. The first-order valence-electron chi connectivity index (χ1n) is 8.08. The molecule has 2 aliphatic rings. The van der Waals surface area contributed by atoms with Crippen LogP contribution in [0.5, 0.6) is 0 Å². The Kier molecular flexibility index (Phi) is 4.75. The zero-order chi connectivity index (χ0) is 14.9. The Bertz CT molecular complexity index is 356. The SMILES string of the molecule is CC1CCN(C(C)CC(C)(NC2CC2)C(=O)O)C(C)C1. The summed E-state index contributed by atoms with van der Waals surface area (Å²) in [5.41, 5.74) is -0.788. The molecule has 0 radical (unpaired) electrons. The summed E-state index contributed by atoms with van der Waals surface area (Å²) in [7, 11) is 0. The fourth-order valence-electron chi connectivity index (χ4n) is 3.67. The van der Waals surface area contributed by atoms with Crippen LogP contribution < -0.4 is 5.32 Å². The molecule has 0 aromatic heterocycles. The molecule has 4 unspecified atom stereocenters. The predicted molar refractivity (Wildman–Crippen MR) is 80.8 cm³/mol. The van der Waals surface area contributed by atoms with Crippen molar-refractivity contribution in [1.82, 2.24) is 10.2 Å². The quantitative estimate of drug-likeness (QED) is 0.786. The number of hydrogen-bond acceptors (Lipinski definition) is 3. The molecule has 4 atom stereocenters. The Hall–Kier alpha value is -0.610. The van der Waals surface area contributed by atoms with Crippen LogP contribution in [0.15, 0.2) is 0 Å². The van der Waals surface area contributed by atoms with E-state index in [-0.39, 0.29) is 0 Å². The molecule has 1 saturated heterocycles. The van der Waals surface area contributed by atoms with E-state index < -0.39 is 11.5 Å². The largest absolute Gasteiger partial charge is 0.480 e. The standard InChI is InChI=1S/C16H30N2O2/c1-11-7-8-18(12(2)9-11)13(3)10-16(4,15(19)20)17-14-5-6-14/h11-14,17H,5-10H2,1-4H3,(H,19,20). The van der Waals surface area contributed by atoms with Gasteiger partial charge in [0, 0.05) is 18.1 Å². The van der Waals surface area contributed by atoms with E-state index in [9.17, 15) is 9.90 Å². The molecular formula is C16H30N2O2. The highest BCUT2D eigenvalue weighted by Gasteiger charge is 2.41. The van der Waals surface area contributed by atoms with Crippen LogP contribution in [0.2, 0.25) is 0 Å². The van der Waals surface area contributed by atoms with E-state index in [4.69, 9.17) is 0 Å². The monoisotopic (exact) mass is 282 g/mol. The Balaban J connectivity index is 1.96.